The van der Waals surface area contributed by atoms with Gasteiger partial charge in [0, 0.05) is 11.1 Å². The van der Waals surface area contributed by atoms with Gasteiger partial charge in [0.1, 0.15) is 0 Å². The van der Waals surface area contributed by atoms with Gasteiger partial charge in [-0.15, -0.1) is 0 Å². The van der Waals surface area contributed by atoms with Crippen molar-refractivity contribution >= 4 is 7.60 Å². The molecule has 0 unspecified atom stereocenters. The standard InChI is InChI=1S/C17H19O4P/c1-3-20-22(19,21-4-2)17(18)15-11-7-5-9-13(15)14-10-6-8-12-16(14)17/h5-12,18H,3-4H2,1-2H3. The smallest absolute Gasteiger partial charge is 0.370 e. The maximum absolute atomic E-state index is 13.4. The molecule has 4 nitrogen and oxygen atoms in total. The van der Waals surface area contributed by atoms with Crippen molar-refractivity contribution in [3.63, 3.8) is 0 Å². The van der Waals surface area contributed by atoms with Gasteiger partial charge in [-0.1, -0.05) is 48.5 Å². The first kappa shape index (κ1) is 15.4. The van der Waals surface area contributed by atoms with Crippen molar-refractivity contribution in [2.45, 2.75) is 19.2 Å². The molecule has 116 valence electrons. The zero-order valence-corrected chi connectivity index (χ0v) is 13.5. The summed E-state index contributed by atoms with van der Waals surface area (Å²) in [6.45, 7) is 3.87. The van der Waals surface area contributed by atoms with E-state index in [4.69, 9.17) is 9.05 Å². The van der Waals surface area contributed by atoms with E-state index in [0.29, 0.717) is 11.1 Å². The zero-order valence-electron chi connectivity index (χ0n) is 12.7. The number of hydrogen-bond acceptors (Lipinski definition) is 4. The Hall–Kier alpha value is -1.45. The van der Waals surface area contributed by atoms with Crippen LogP contribution in [0.5, 0.6) is 0 Å². The lowest BCUT2D eigenvalue weighted by Crippen LogP contribution is -2.27. The molecule has 0 saturated carbocycles. The number of benzene rings is 2. The Balaban J connectivity index is 2.31. The van der Waals surface area contributed by atoms with Gasteiger partial charge >= 0.3 is 7.60 Å². The van der Waals surface area contributed by atoms with Crippen LogP contribution >= 0.6 is 7.60 Å². The predicted octanol–water partition coefficient (Wildman–Crippen LogP) is 4.13. The number of fused-ring (bicyclic) bond motifs is 3. The summed E-state index contributed by atoms with van der Waals surface area (Å²) in [6.07, 6.45) is 0. The van der Waals surface area contributed by atoms with Crippen LogP contribution in [0, 0.1) is 0 Å². The first-order valence-electron chi connectivity index (χ1n) is 7.39. The normalized spacial score (nSPS) is 15.4. The van der Waals surface area contributed by atoms with Gasteiger partial charge in [-0.05, 0) is 25.0 Å². The fraction of sp³-hybridized carbons (Fsp3) is 0.294. The molecule has 0 bridgehead atoms. The van der Waals surface area contributed by atoms with Gasteiger partial charge in [0.05, 0.1) is 13.2 Å². The minimum atomic E-state index is -3.79. The van der Waals surface area contributed by atoms with Gasteiger partial charge in [0.2, 0.25) is 5.34 Å². The summed E-state index contributed by atoms with van der Waals surface area (Å²) >= 11 is 0. The van der Waals surface area contributed by atoms with E-state index in [9.17, 15) is 9.67 Å². The topological polar surface area (TPSA) is 55.8 Å². The van der Waals surface area contributed by atoms with Crippen molar-refractivity contribution in [1.29, 1.82) is 0 Å². The van der Waals surface area contributed by atoms with Crippen LogP contribution in [-0.2, 0) is 19.0 Å². The summed E-state index contributed by atoms with van der Waals surface area (Å²) in [5.41, 5.74) is 2.86. The van der Waals surface area contributed by atoms with Gasteiger partial charge in [-0.25, -0.2) is 0 Å². The molecule has 0 aromatic heterocycles. The van der Waals surface area contributed by atoms with Gasteiger partial charge in [-0.2, -0.15) is 0 Å². The molecule has 2 aromatic rings. The molecule has 0 radical (unpaired) electrons. The second-order valence-corrected chi connectivity index (χ2v) is 7.25. The second-order valence-electron chi connectivity index (χ2n) is 5.10. The van der Waals surface area contributed by atoms with E-state index in [1.165, 1.54) is 0 Å². The SMILES string of the molecule is CCOP(=O)(OCC)C1(O)c2ccccc2-c2ccccc21. The number of aliphatic hydroxyl groups is 1. The van der Waals surface area contributed by atoms with Crippen molar-refractivity contribution in [3.8, 4) is 11.1 Å². The van der Waals surface area contributed by atoms with Gasteiger partial charge in [-0.3, -0.25) is 4.57 Å². The van der Waals surface area contributed by atoms with E-state index in [1.807, 2.05) is 36.4 Å². The molecule has 1 N–H and O–H groups in total. The van der Waals surface area contributed by atoms with Crippen molar-refractivity contribution in [2.75, 3.05) is 13.2 Å². The van der Waals surface area contributed by atoms with Crippen LogP contribution < -0.4 is 0 Å². The molecule has 5 heteroatoms. The second kappa shape index (κ2) is 5.64. The summed E-state index contributed by atoms with van der Waals surface area (Å²) in [7, 11) is -3.79. The lowest BCUT2D eigenvalue weighted by Gasteiger charge is -2.32. The average Bonchev–Trinajstić information content (AvgIpc) is 2.80. The molecular weight excluding hydrogens is 299 g/mol. The molecule has 2 aromatic carbocycles. The fourth-order valence-electron chi connectivity index (χ4n) is 3.05. The van der Waals surface area contributed by atoms with E-state index in [1.54, 1.807) is 26.0 Å². The van der Waals surface area contributed by atoms with Crippen molar-refractivity contribution < 1.29 is 18.7 Å². The summed E-state index contributed by atoms with van der Waals surface area (Å²) < 4.78 is 24.3. The molecule has 0 spiro atoms. The number of rotatable bonds is 5. The Morgan fingerprint density at radius 1 is 0.909 bits per heavy atom. The highest BCUT2D eigenvalue weighted by Gasteiger charge is 2.57. The first-order valence-corrected chi connectivity index (χ1v) is 8.93. The average molecular weight is 318 g/mol. The molecule has 3 rings (SSSR count). The Bertz CT molecular complexity index is 685. The van der Waals surface area contributed by atoms with E-state index in [2.05, 4.69) is 0 Å². The lowest BCUT2D eigenvalue weighted by molar-refractivity contribution is 0.0992. The molecular formula is C17H19O4P. The summed E-state index contributed by atoms with van der Waals surface area (Å²) in [6, 6.07) is 14.8. The summed E-state index contributed by atoms with van der Waals surface area (Å²) in [4.78, 5) is 0. The molecule has 0 fully saturated rings. The Morgan fingerprint density at radius 3 is 1.73 bits per heavy atom. The van der Waals surface area contributed by atoms with E-state index < -0.39 is 12.9 Å². The Labute approximate surface area is 130 Å². The van der Waals surface area contributed by atoms with Crippen LogP contribution in [0.15, 0.2) is 48.5 Å². The lowest BCUT2D eigenvalue weighted by atomic mass is 10.1. The summed E-state index contributed by atoms with van der Waals surface area (Å²) in [5.74, 6) is 0. The Kier molecular flexibility index (Phi) is 3.96. The molecule has 0 atom stereocenters. The Morgan fingerprint density at radius 2 is 1.32 bits per heavy atom. The van der Waals surface area contributed by atoms with Crippen molar-refractivity contribution in [3.05, 3.63) is 59.7 Å². The molecule has 0 heterocycles. The quantitative estimate of drug-likeness (QED) is 0.842. The third-order valence-electron chi connectivity index (χ3n) is 3.89. The summed E-state index contributed by atoms with van der Waals surface area (Å²) in [5, 5.41) is 9.69. The predicted molar refractivity (Wildman–Crippen MR) is 85.7 cm³/mol. The van der Waals surface area contributed by atoms with Crippen LogP contribution in [-0.4, -0.2) is 18.3 Å². The molecule has 0 amide bonds. The minimum Gasteiger partial charge on any atom is -0.370 e. The van der Waals surface area contributed by atoms with Gasteiger partial charge in [0.25, 0.3) is 0 Å². The van der Waals surface area contributed by atoms with Gasteiger partial charge in [0.15, 0.2) is 0 Å². The van der Waals surface area contributed by atoms with E-state index >= 15 is 0 Å². The fourth-order valence-corrected chi connectivity index (χ4v) is 5.16. The maximum atomic E-state index is 13.4. The highest BCUT2D eigenvalue weighted by molar-refractivity contribution is 7.55. The van der Waals surface area contributed by atoms with Crippen molar-refractivity contribution in [1.82, 2.24) is 0 Å². The molecule has 22 heavy (non-hydrogen) atoms. The van der Waals surface area contributed by atoms with Crippen LogP contribution in [0.1, 0.15) is 25.0 Å². The number of hydrogen-bond donors (Lipinski definition) is 1. The molecule has 0 aliphatic heterocycles. The minimum absolute atomic E-state index is 0.198. The third-order valence-corrected chi connectivity index (χ3v) is 6.36. The van der Waals surface area contributed by atoms with Gasteiger partial charge < -0.3 is 14.2 Å². The van der Waals surface area contributed by atoms with E-state index in [0.717, 1.165) is 11.1 Å². The van der Waals surface area contributed by atoms with Crippen LogP contribution in [0.4, 0.5) is 0 Å². The molecule has 0 saturated heterocycles. The first-order chi connectivity index (χ1) is 10.6. The monoisotopic (exact) mass is 318 g/mol. The van der Waals surface area contributed by atoms with Crippen LogP contribution in [0.3, 0.4) is 0 Å². The largest absolute Gasteiger partial charge is 0.371 e. The molecule has 1 aliphatic carbocycles. The van der Waals surface area contributed by atoms with Crippen LogP contribution in [0.25, 0.3) is 11.1 Å². The van der Waals surface area contributed by atoms with Crippen molar-refractivity contribution in [2.24, 2.45) is 0 Å². The highest BCUT2D eigenvalue weighted by atomic mass is 31.2. The van der Waals surface area contributed by atoms with E-state index in [-0.39, 0.29) is 13.2 Å². The highest BCUT2D eigenvalue weighted by Crippen LogP contribution is 2.70. The van der Waals surface area contributed by atoms with Crippen LogP contribution in [0.2, 0.25) is 0 Å². The zero-order chi connectivity index (χ0) is 15.8. The molecule has 1 aliphatic rings. The third kappa shape index (κ3) is 1.99. The maximum Gasteiger partial charge on any atom is 0.371 e.